The van der Waals surface area contributed by atoms with Crippen LogP contribution in [0, 0.1) is 23.4 Å². The number of benzene rings is 3. The molecule has 1 unspecified atom stereocenters. The molecule has 0 radical (unpaired) electrons. The summed E-state index contributed by atoms with van der Waals surface area (Å²) in [5.74, 6) is -13.3. The van der Waals surface area contributed by atoms with Gasteiger partial charge < -0.3 is 24.8 Å². The van der Waals surface area contributed by atoms with E-state index < -0.39 is 126 Å². The number of anilines is 3. The summed E-state index contributed by atoms with van der Waals surface area (Å²) in [5, 5.41) is 11.8. The Balaban J connectivity index is 0.861. The minimum absolute atomic E-state index is 0.0974. The first-order valence-electron chi connectivity index (χ1n) is 24.0. The Labute approximate surface area is 370 Å². The van der Waals surface area contributed by atoms with Gasteiger partial charge in [0.1, 0.15) is 11.7 Å². The molecule has 6 amide bonds. The van der Waals surface area contributed by atoms with Crippen molar-refractivity contribution in [2.24, 2.45) is 5.92 Å². The molecule has 9 rings (SSSR count). The number of nitrogens with one attached hydrogen (secondary N) is 3. The van der Waals surface area contributed by atoms with Gasteiger partial charge in [0.05, 0.1) is 35.4 Å². The van der Waals surface area contributed by atoms with Crippen LogP contribution in [0.4, 0.5) is 30.4 Å². The number of fused-ring (bicyclic) bond motifs is 2. The molecule has 63 heavy (non-hydrogen) atoms. The van der Waals surface area contributed by atoms with Crippen LogP contribution in [-0.4, -0.2) is 119 Å². The third kappa shape index (κ3) is 7.68. The van der Waals surface area contributed by atoms with Gasteiger partial charge >= 0.3 is 0 Å². The van der Waals surface area contributed by atoms with Gasteiger partial charge in [-0.15, -0.1) is 0 Å². The van der Waals surface area contributed by atoms with Crippen LogP contribution < -0.4 is 20.4 Å². The van der Waals surface area contributed by atoms with Crippen molar-refractivity contribution < 1.29 is 57.6 Å². The minimum Gasteiger partial charge on any atom is -0.372 e. The lowest BCUT2D eigenvalue weighted by atomic mass is 9.95. The number of ether oxygens (including phenoxy) is 1. The molecule has 0 spiro atoms. The smallest absolute Gasteiger partial charge is 0.265 e. The van der Waals surface area contributed by atoms with Crippen molar-refractivity contribution in [3.8, 4) is 0 Å². The van der Waals surface area contributed by atoms with Crippen LogP contribution in [0.15, 0.2) is 54.6 Å². The number of hydrogen-bond acceptors (Lipinski definition) is 11. The van der Waals surface area contributed by atoms with Crippen LogP contribution in [0.2, 0.25) is 0 Å². The average molecular weight is 876 g/mol. The lowest BCUT2D eigenvalue weighted by molar-refractivity contribution is -0.143. The predicted molar refractivity (Wildman–Crippen MR) is 220 cm³/mol. The van der Waals surface area contributed by atoms with Crippen molar-refractivity contribution in [1.29, 1.82) is 0 Å². The zero-order chi connectivity index (χ0) is 51.3. The number of methoxy groups -OCH3 is 1. The second-order valence-electron chi connectivity index (χ2n) is 15.6. The van der Waals surface area contributed by atoms with Crippen molar-refractivity contribution in [3.05, 3.63) is 106 Å². The van der Waals surface area contributed by atoms with Crippen molar-refractivity contribution in [3.63, 3.8) is 0 Å². The number of hydrogen-bond donors (Lipinski definition) is 3. The van der Waals surface area contributed by atoms with E-state index in [1.165, 1.54) is 7.11 Å². The van der Waals surface area contributed by atoms with Crippen molar-refractivity contribution in [1.82, 2.24) is 30.2 Å². The second kappa shape index (κ2) is 16.9. The van der Waals surface area contributed by atoms with E-state index in [0.717, 1.165) is 0 Å². The van der Waals surface area contributed by atoms with Crippen molar-refractivity contribution in [2.45, 2.75) is 50.9 Å². The molecule has 5 aliphatic rings. The topological polar surface area (TPSA) is 181 Å². The third-order valence-electron chi connectivity index (χ3n) is 11.8. The van der Waals surface area contributed by atoms with Gasteiger partial charge in [-0.1, -0.05) is 30.3 Å². The average Bonchev–Trinajstić information content (AvgIpc) is 4.00. The van der Waals surface area contributed by atoms with E-state index in [1.807, 2.05) is 28.4 Å². The summed E-state index contributed by atoms with van der Waals surface area (Å²) in [4.78, 5) is 81.2. The van der Waals surface area contributed by atoms with E-state index >= 15 is 13.2 Å². The van der Waals surface area contributed by atoms with Gasteiger partial charge in [-0.05, 0) is 55.0 Å². The maximum atomic E-state index is 16.6. The van der Waals surface area contributed by atoms with Gasteiger partial charge in [0.2, 0.25) is 11.8 Å². The molecular weight excluding hydrogens is 824 g/mol. The molecule has 3 N–H and O–H groups in total. The summed E-state index contributed by atoms with van der Waals surface area (Å²) in [5.41, 5.74) is -2.02. The number of nitrogens with zero attached hydrogens (tertiary/aromatic N) is 6. The first-order chi connectivity index (χ1) is 33.4. The normalized spacial score (nSPS) is 25.0. The number of amides is 6. The first kappa shape index (κ1) is 33.0. The lowest BCUT2D eigenvalue weighted by Crippen LogP contribution is -2.54. The molecule has 0 aliphatic carbocycles. The molecule has 3 saturated heterocycles. The summed E-state index contributed by atoms with van der Waals surface area (Å²) < 4.78 is 125. The number of halogens is 3. The standard InChI is InChI=1S/C44H44F3N9O7/c1-63-38(25-5-3-2-4-6-25)44(62)55-22-28-29(23-55)50-51-39(28)49-40(58)26-7-9-27(10-8-26)53-15-13-24(14-16-53)21-52-17-19-54(20-18-52)37-35(46)33-32(34(45)36(37)47)42(60)56(43(33)61)30-11-12-31(57)48-41(30)59/h2-10,24,30,38H,11-23H2,1H3,(H,48,57,59)(H2,49,50,51,58)/t30?,38-/m1/s1/i17D2,18D2,19D2,20D2. The molecule has 16 nitrogen and oxygen atoms in total. The fourth-order valence-electron chi connectivity index (χ4n) is 8.48. The number of carbonyl (C=O) groups excluding carboxylic acids is 6. The summed E-state index contributed by atoms with van der Waals surface area (Å²) in [6, 6.07) is 13.9. The summed E-state index contributed by atoms with van der Waals surface area (Å²) in [6.07, 6.45) is -1.15. The Morgan fingerprint density at radius 2 is 1.56 bits per heavy atom. The van der Waals surface area contributed by atoms with Gasteiger partial charge in [-0.3, -0.25) is 49.0 Å². The molecular formula is C44H44F3N9O7. The summed E-state index contributed by atoms with van der Waals surface area (Å²) in [7, 11) is 1.46. The molecule has 1 aromatic heterocycles. The molecule has 328 valence electrons. The minimum atomic E-state index is -3.92. The molecule has 2 atom stereocenters. The second-order valence-corrected chi connectivity index (χ2v) is 15.6. The zero-order valence-corrected chi connectivity index (χ0v) is 33.5. The van der Waals surface area contributed by atoms with Crippen LogP contribution in [0.3, 0.4) is 0 Å². The Morgan fingerprint density at radius 3 is 2.22 bits per heavy atom. The van der Waals surface area contributed by atoms with Gasteiger partial charge in [-0.25, -0.2) is 13.2 Å². The van der Waals surface area contributed by atoms with Gasteiger partial charge in [0, 0.05) is 81.4 Å². The Bertz CT molecular complexity index is 2860. The number of H-pyrrole nitrogens is 1. The third-order valence-corrected chi connectivity index (χ3v) is 11.8. The maximum Gasteiger partial charge on any atom is 0.265 e. The number of aromatic nitrogens is 2. The fourth-order valence-corrected chi connectivity index (χ4v) is 8.48. The number of piperazine rings is 1. The number of imide groups is 2. The van der Waals surface area contributed by atoms with E-state index in [2.05, 4.69) is 15.5 Å². The SMILES string of the molecule is [2H]C1([2H])N(CC2CCN(c3ccc(C(=O)Nc4n[nH]c5c4CN(C(=O)[C@H](OC)c4ccccc4)C5)cc3)CC2)C([2H])([2H])C([2H])([2H])N(c2c(F)c(F)c3c(c2F)C(=O)N(C2CCC(=O)NC2=O)C3=O)C1([2H])[2H]. The summed E-state index contributed by atoms with van der Waals surface area (Å²) in [6.45, 7) is -14.6. The van der Waals surface area contributed by atoms with Gasteiger partial charge in [0.15, 0.2) is 29.4 Å². The highest BCUT2D eigenvalue weighted by Crippen LogP contribution is 2.39. The molecule has 4 aromatic rings. The Hall–Kier alpha value is -6.60. The lowest BCUT2D eigenvalue weighted by Gasteiger charge is -2.40. The van der Waals surface area contributed by atoms with Crippen LogP contribution >= 0.6 is 0 Å². The molecule has 5 aliphatic heterocycles. The van der Waals surface area contributed by atoms with Crippen LogP contribution in [0.25, 0.3) is 0 Å². The van der Waals surface area contributed by atoms with E-state index in [4.69, 9.17) is 15.7 Å². The van der Waals surface area contributed by atoms with Crippen molar-refractivity contribution >= 4 is 52.6 Å². The van der Waals surface area contributed by atoms with Crippen LogP contribution in [0.5, 0.6) is 0 Å². The number of aromatic amines is 1. The fraction of sp³-hybridized carbons (Fsp3) is 0.386. The molecule has 3 aromatic carbocycles. The highest BCUT2D eigenvalue weighted by molar-refractivity contribution is 6.24. The highest BCUT2D eigenvalue weighted by atomic mass is 19.2. The Morgan fingerprint density at radius 1 is 0.873 bits per heavy atom. The molecule has 0 saturated carbocycles. The molecule has 6 heterocycles. The quantitative estimate of drug-likeness (QED) is 0.156. The number of piperidine rings is 2. The van der Waals surface area contributed by atoms with E-state index in [0.29, 0.717) is 41.2 Å². The molecule has 0 bridgehead atoms. The Kier molecular flexibility index (Phi) is 8.88. The molecule has 19 heteroatoms. The zero-order valence-electron chi connectivity index (χ0n) is 41.5. The number of carbonyl (C=O) groups is 6. The largest absolute Gasteiger partial charge is 0.372 e. The van der Waals surface area contributed by atoms with Crippen LogP contribution in [-0.2, 0) is 32.2 Å². The van der Waals surface area contributed by atoms with Crippen molar-refractivity contribution in [2.75, 3.05) is 67.8 Å². The maximum absolute atomic E-state index is 16.6. The van der Waals surface area contributed by atoms with Crippen LogP contribution in [0.1, 0.15) is 90.6 Å². The molecule has 3 fully saturated rings. The predicted octanol–water partition coefficient (Wildman–Crippen LogP) is 3.75. The first-order valence-corrected chi connectivity index (χ1v) is 20.0. The number of rotatable bonds is 10. The van der Waals surface area contributed by atoms with E-state index in [-0.39, 0.29) is 53.9 Å². The van der Waals surface area contributed by atoms with Gasteiger partial charge in [0.25, 0.3) is 23.6 Å². The summed E-state index contributed by atoms with van der Waals surface area (Å²) >= 11 is 0. The van der Waals surface area contributed by atoms with E-state index in [1.54, 1.807) is 41.3 Å². The van der Waals surface area contributed by atoms with E-state index in [9.17, 15) is 28.8 Å². The highest BCUT2D eigenvalue weighted by Gasteiger charge is 2.50. The van der Waals surface area contributed by atoms with Gasteiger partial charge in [-0.2, -0.15) is 5.10 Å². The monoisotopic (exact) mass is 875 g/mol.